The van der Waals surface area contributed by atoms with Gasteiger partial charge in [0.25, 0.3) is 5.91 Å². The predicted octanol–water partition coefficient (Wildman–Crippen LogP) is 0.113. The summed E-state index contributed by atoms with van der Waals surface area (Å²) in [6.45, 7) is 2.29. The molecule has 3 rings (SSSR count). The number of hydrogen-bond donors (Lipinski definition) is 1. The van der Waals surface area contributed by atoms with E-state index in [0.29, 0.717) is 44.7 Å². The number of nitrogens with one attached hydrogen (secondary N) is 1. The normalized spacial score (nSPS) is 23.3. The molecule has 1 saturated carbocycles. The zero-order chi connectivity index (χ0) is 15.5. The van der Waals surface area contributed by atoms with Gasteiger partial charge >= 0.3 is 0 Å². The summed E-state index contributed by atoms with van der Waals surface area (Å²) in [6.07, 6.45) is 5.03. The van der Waals surface area contributed by atoms with Gasteiger partial charge in [0, 0.05) is 44.9 Å². The van der Waals surface area contributed by atoms with Crippen LogP contribution in [0.25, 0.3) is 0 Å². The fourth-order valence-electron chi connectivity index (χ4n) is 3.37. The fourth-order valence-corrected chi connectivity index (χ4v) is 3.37. The molecule has 3 aliphatic rings. The Morgan fingerprint density at radius 2 is 1.64 bits per heavy atom. The third-order valence-electron chi connectivity index (χ3n) is 4.73. The molecule has 0 bridgehead atoms. The number of rotatable bonds is 2. The molecular formula is C15H22N4O3. The number of amides is 3. The smallest absolute Gasteiger partial charge is 0.270 e. The summed E-state index contributed by atoms with van der Waals surface area (Å²) in [6, 6.07) is 0. The first-order chi connectivity index (χ1) is 10.6. The lowest BCUT2D eigenvalue weighted by Gasteiger charge is -2.36. The number of piperazine rings is 1. The molecule has 0 spiro atoms. The SMILES string of the molecule is O=C1CCC(C(=O)N2CCN(C(=O)C3CCCC3)CC2)=NN1. The minimum atomic E-state index is -0.150. The van der Waals surface area contributed by atoms with Crippen molar-refractivity contribution in [1.82, 2.24) is 15.2 Å². The highest BCUT2D eigenvalue weighted by Gasteiger charge is 2.31. The molecule has 0 radical (unpaired) electrons. The average Bonchev–Trinajstić information content (AvgIpc) is 3.09. The van der Waals surface area contributed by atoms with Crippen molar-refractivity contribution in [3.63, 3.8) is 0 Å². The zero-order valence-electron chi connectivity index (χ0n) is 12.7. The molecule has 2 aliphatic heterocycles. The maximum atomic E-state index is 12.4. The number of hydrazone groups is 1. The average molecular weight is 306 g/mol. The van der Waals surface area contributed by atoms with Gasteiger partial charge < -0.3 is 9.80 Å². The minimum absolute atomic E-state index is 0.118. The first kappa shape index (κ1) is 15.0. The van der Waals surface area contributed by atoms with Gasteiger partial charge in [-0.25, -0.2) is 5.43 Å². The number of hydrogen-bond acceptors (Lipinski definition) is 4. The Kier molecular flexibility index (Phi) is 4.40. The Morgan fingerprint density at radius 3 is 2.23 bits per heavy atom. The summed E-state index contributed by atoms with van der Waals surface area (Å²) < 4.78 is 0. The van der Waals surface area contributed by atoms with Crippen LogP contribution in [0.1, 0.15) is 38.5 Å². The molecule has 1 aliphatic carbocycles. The topological polar surface area (TPSA) is 82.1 Å². The van der Waals surface area contributed by atoms with Crippen LogP contribution in [0, 0.1) is 5.92 Å². The molecule has 0 aromatic rings. The van der Waals surface area contributed by atoms with Crippen LogP contribution < -0.4 is 5.43 Å². The van der Waals surface area contributed by atoms with Crippen LogP contribution in [0.3, 0.4) is 0 Å². The lowest BCUT2D eigenvalue weighted by molar-refractivity contribution is -0.140. The molecule has 2 heterocycles. The van der Waals surface area contributed by atoms with E-state index in [-0.39, 0.29) is 23.6 Å². The zero-order valence-corrected chi connectivity index (χ0v) is 12.7. The Hall–Kier alpha value is -1.92. The van der Waals surface area contributed by atoms with Crippen LogP contribution in [0.15, 0.2) is 5.10 Å². The van der Waals surface area contributed by atoms with Crippen LogP contribution in [-0.4, -0.2) is 59.4 Å². The Bertz CT molecular complexity index is 503. The van der Waals surface area contributed by atoms with Gasteiger partial charge in [-0.2, -0.15) is 5.10 Å². The van der Waals surface area contributed by atoms with E-state index < -0.39 is 0 Å². The van der Waals surface area contributed by atoms with Crippen molar-refractivity contribution in [3.8, 4) is 0 Å². The van der Waals surface area contributed by atoms with Gasteiger partial charge in [0.1, 0.15) is 5.71 Å². The van der Waals surface area contributed by atoms with E-state index in [9.17, 15) is 14.4 Å². The van der Waals surface area contributed by atoms with Gasteiger partial charge in [0.2, 0.25) is 11.8 Å². The van der Waals surface area contributed by atoms with Crippen LogP contribution in [0.4, 0.5) is 0 Å². The Labute approximate surface area is 129 Å². The van der Waals surface area contributed by atoms with Gasteiger partial charge in [-0.05, 0) is 12.8 Å². The van der Waals surface area contributed by atoms with Crippen molar-refractivity contribution in [2.75, 3.05) is 26.2 Å². The summed E-state index contributed by atoms with van der Waals surface area (Å²) in [5.41, 5.74) is 2.77. The first-order valence-corrected chi connectivity index (χ1v) is 8.08. The van der Waals surface area contributed by atoms with Crippen molar-refractivity contribution in [2.45, 2.75) is 38.5 Å². The summed E-state index contributed by atoms with van der Waals surface area (Å²) >= 11 is 0. The third-order valence-corrected chi connectivity index (χ3v) is 4.73. The second-order valence-corrected chi connectivity index (χ2v) is 6.19. The van der Waals surface area contributed by atoms with E-state index in [1.54, 1.807) is 4.90 Å². The van der Waals surface area contributed by atoms with E-state index in [2.05, 4.69) is 10.5 Å². The molecule has 1 N–H and O–H groups in total. The second kappa shape index (κ2) is 6.46. The van der Waals surface area contributed by atoms with Gasteiger partial charge in [0.05, 0.1) is 0 Å². The lowest BCUT2D eigenvalue weighted by Crippen LogP contribution is -2.53. The van der Waals surface area contributed by atoms with Crippen molar-refractivity contribution in [1.29, 1.82) is 0 Å². The predicted molar refractivity (Wildman–Crippen MR) is 79.9 cm³/mol. The van der Waals surface area contributed by atoms with E-state index in [1.807, 2.05) is 4.90 Å². The highest BCUT2D eigenvalue weighted by Crippen LogP contribution is 2.26. The minimum Gasteiger partial charge on any atom is -0.339 e. The lowest BCUT2D eigenvalue weighted by atomic mass is 10.1. The largest absolute Gasteiger partial charge is 0.339 e. The van der Waals surface area contributed by atoms with Crippen LogP contribution in [0.5, 0.6) is 0 Å². The summed E-state index contributed by atoms with van der Waals surface area (Å²) in [7, 11) is 0. The van der Waals surface area contributed by atoms with E-state index >= 15 is 0 Å². The molecule has 0 aromatic carbocycles. The summed E-state index contributed by atoms with van der Waals surface area (Å²) in [4.78, 5) is 39.4. The number of carbonyl (C=O) groups is 3. The van der Waals surface area contributed by atoms with Crippen LogP contribution >= 0.6 is 0 Å². The standard InChI is InChI=1S/C15H22N4O3/c20-13-6-5-12(16-17-13)15(22)19-9-7-18(8-10-19)14(21)11-3-1-2-4-11/h11H,1-10H2,(H,17,20). The van der Waals surface area contributed by atoms with Crippen molar-refractivity contribution in [3.05, 3.63) is 0 Å². The molecule has 2 fully saturated rings. The molecule has 0 unspecified atom stereocenters. The second-order valence-electron chi connectivity index (χ2n) is 6.19. The maximum absolute atomic E-state index is 12.4. The molecular weight excluding hydrogens is 284 g/mol. The van der Waals surface area contributed by atoms with Crippen molar-refractivity contribution in [2.24, 2.45) is 11.0 Å². The van der Waals surface area contributed by atoms with Crippen LogP contribution in [-0.2, 0) is 14.4 Å². The van der Waals surface area contributed by atoms with Gasteiger partial charge in [-0.15, -0.1) is 0 Å². The molecule has 22 heavy (non-hydrogen) atoms. The highest BCUT2D eigenvalue weighted by atomic mass is 16.2. The quantitative estimate of drug-likeness (QED) is 0.786. The summed E-state index contributed by atoms with van der Waals surface area (Å²) in [5, 5.41) is 3.85. The third kappa shape index (κ3) is 3.13. The van der Waals surface area contributed by atoms with Crippen LogP contribution in [0.2, 0.25) is 0 Å². The highest BCUT2D eigenvalue weighted by molar-refractivity contribution is 6.39. The molecule has 1 saturated heterocycles. The van der Waals surface area contributed by atoms with Crippen molar-refractivity contribution < 1.29 is 14.4 Å². The maximum Gasteiger partial charge on any atom is 0.270 e. The Balaban J connectivity index is 1.52. The monoisotopic (exact) mass is 306 g/mol. The number of nitrogens with zero attached hydrogens (tertiary/aromatic N) is 3. The van der Waals surface area contributed by atoms with E-state index in [1.165, 1.54) is 0 Å². The van der Waals surface area contributed by atoms with Gasteiger partial charge in [-0.1, -0.05) is 12.8 Å². The molecule has 3 amide bonds. The number of carbonyl (C=O) groups excluding carboxylic acids is 3. The van der Waals surface area contributed by atoms with E-state index in [0.717, 1.165) is 25.7 Å². The molecule has 0 aromatic heterocycles. The molecule has 0 atom stereocenters. The first-order valence-electron chi connectivity index (χ1n) is 8.08. The molecule has 7 heteroatoms. The molecule has 120 valence electrons. The summed E-state index contributed by atoms with van der Waals surface area (Å²) in [5.74, 6) is 0.184. The fraction of sp³-hybridized carbons (Fsp3) is 0.733. The van der Waals surface area contributed by atoms with Gasteiger partial charge in [0.15, 0.2) is 0 Å². The van der Waals surface area contributed by atoms with Gasteiger partial charge in [-0.3, -0.25) is 14.4 Å². The van der Waals surface area contributed by atoms with Crippen molar-refractivity contribution >= 4 is 23.4 Å². The van der Waals surface area contributed by atoms with E-state index in [4.69, 9.17) is 0 Å². The Morgan fingerprint density at radius 1 is 1.00 bits per heavy atom. The molecule has 7 nitrogen and oxygen atoms in total.